The maximum absolute atomic E-state index is 13.2. The summed E-state index contributed by atoms with van der Waals surface area (Å²) in [5.41, 5.74) is 7.55. The van der Waals surface area contributed by atoms with Gasteiger partial charge in [0, 0.05) is 17.2 Å². The Morgan fingerprint density at radius 3 is 2.34 bits per heavy atom. The van der Waals surface area contributed by atoms with E-state index in [1.807, 2.05) is 68.4 Å². The minimum Gasteiger partial charge on any atom is -0.473 e. The predicted molar refractivity (Wildman–Crippen MR) is 135 cm³/mol. The summed E-state index contributed by atoms with van der Waals surface area (Å²) in [7, 11) is 0. The highest BCUT2D eigenvalue weighted by Crippen LogP contribution is 2.44. The molecule has 5 nitrogen and oxygen atoms in total. The van der Waals surface area contributed by atoms with E-state index in [9.17, 15) is 9.59 Å². The first-order chi connectivity index (χ1) is 17.0. The summed E-state index contributed by atoms with van der Waals surface area (Å²) in [6, 6.07) is 26.3. The molecule has 1 N–H and O–H groups in total. The number of nitrogens with one attached hydrogen (secondary N) is 1. The van der Waals surface area contributed by atoms with E-state index in [1.165, 1.54) is 11.1 Å². The Morgan fingerprint density at radius 2 is 1.57 bits per heavy atom. The third-order valence-electron chi connectivity index (χ3n) is 7.49. The summed E-state index contributed by atoms with van der Waals surface area (Å²) in [6.45, 7) is 3.74. The number of carbonyl (C=O) groups excluding carboxylic acids is 2. The predicted octanol–water partition coefficient (Wildman–Crippen LogP) is 5.31. The van der Waals surface area contributed by atoms with Gasteiger partial charge in [0.05, 0.1) is 17.9 Å². The van der Waals surface area contributed by atoms with Crippen LogP contribution >= 0.6 is 0 Å². The molecule has 0 saturated carbocycles. The van der Waals surface area contributed by atoms with Gasteiger partial charge >= 0.3 is 0 Å². The quantitative estimate of drug-likeness (QED) is 0.422. The fraction of sp³-hybridized carbons (Fsp3) is 0.200. The van der Waals surface area contributed by atoms with Crippen molar-refractivity contribution in [3.05, 3.63) is 113 Å². The average molecular weight is 463 g/mol. The van der Waals surface area contributed by atoms with E-state index in [2.05, 4.69) is 29.6 Å². The van der Waals surface area contributed by atoms with Gasteiger partial charge in [-0.2, -0.15) is 0 Å². The fourth-order valence-electron chi connectivity index (χ4n) is 5.43. The number of ether oxygens (including phenoxy) is 1. The molecule has 0 radical (unpaired) electrons. The van der Waals surface area contributed by atoms with Crippen molar-refractivity contribution in [1.82, 2.24) is 5.32 Å². The molecule has 6 rings (SSSR count). The van der Waals surface area contributed by atoms with Crippen LogP contribution < -0.4 is 10.2 Å². The zero-order chi connectivity index (χ0) is 24.1. The summed E-state index contributed by atoms with van der Waals surface area (Å²) >= 11 is 0. The Kier molecular flexibility index (Phi) is 5.06. The topological polar surface area (TPSA) is 58.6 Å². The minimum absolute atomic E-state index is 0.0150. The number of benzene rings is 3. The summed E-state index contributed by atoms with van der Waals surface area (Å²) in [6.07, 6.45) is 1.79. The number of carbonyl (C=O) groups is 2. The molecule has 1 fully saturated rings. The van der Waals surface area contributed by atoms with Gasteiger partial charge in [0.1, 0.15) is 0 Å². The van der Waals surface area contributed by atoms with Crippen LogP contribution in [0.25, 0.3) is 11.1 Å². The van der Waals surface area contributed by atoms with Gasteiger partial charge in [-0.15, -0.1) is 0 Å². The molecule has 174 valence electrons. The highest BCUT2D eigenvalue weighted by Gasteiger charge is 2.44. The molecule has 2 amide bonds. The third-order valence-corrected chi connectivity index (χ3v) is 7.49. The SMILES string of the molecule is CC1=C(C)C(O/C=C2/C(=O)NC3c4ccccc4CC23)N(c2ccc(-c3ccccc3)cc2)C1=O. The fourth-order valence-corrected chi connectivity index (χ4v) is 5.43. The van der Waals surface area contributed by atoms with Crippen LogP contribution in [0.4, 0.5) is 5.69 Å². The number of hydrogen-bond acceptors (Lipinski definition) is 3. The van der Waals surface area contributed by atoms with E-state index in [4.69, 9.17) is 4.74 Å². The molecular weight excluding hydrogens is 436 g/mol. The van der Waals surface area contributed by atoms with Crippen molar-refractivity contribution in [3.63, 3.8) is 0 Å². The lowest BCUT2D eigenvalue weighted by Gasteiger charge is -2.26. The normalized spacial score (nSPS) is 24.1. The van der Waals surface area contributed by atoms with Crippen molar-refractivity contribution in [2.75, 3.05) is 4.90 Å². The first-order valence-corrected chi connectivity index (χ1v) is 11.9. The number of amides is 2. The minimum atomic E-state index is -0.590. The van der Waals surface area contributed by atoms with E-state index in [-0.39, 0.29) is 23.8 Å². The highest BCUT2D eigenvalue weighted by molar-refractivity contribution is 6.09. The Hall–Kier alpha value is -4.12. The van der Waals surface area contributed by atoms with Crippen molar-refractivity contribution in [3.8, 4) is 11.1 Å². The van der Waals surface area contributed by atoms with Crippen molar-refractivity contribution in [1.29, 1.82) is 0 Å². The second-order valence-corrected chi connectivity index (χ2v) is 9.42. The molecule has 3 atom stereocenters. The van der Waals surface area contributed by atoms with Crippen molar-refractivity contribution < 1.29 is 14.3 Å². The van der Waals surface area contributed by atoms with Crippen LogP contribution in [0.3, 0.4) is 0 Å². The summed E-state index contributed by atoms with van der Waals surface area (Å²) in [5, 5.41) is 3.11. The Balaban J connectivity index is 1.27. The lowest BCUT2D eigenvalue weighted by Crippen LogP contribution is -2.36. The van der Waals surface area contributed by atoms with Crippen molar-refractivity contribution in [2.45, 2.75) is 32.5 Å². The Labute approximate surface area is 204 Å². The average Bonchev–Trinajstić information content (AvgIpc) is 3.47. The van der Waals surface area contributed by atoms with Gasteiger partial charge in [0.15, 0.2) is 0 Å². The molecule has 0 spiro atoms. The van der Waals surface area contributed by atoms with E-state index in [1.54, 1.807) is 11.2 Å². The molecule has 1 saturated heterocycles. The monoisotopic (exact) mass is 462 g/mol. The van der Waals surface area contributed by atoms with E-state index in [0.717, 1.165) is 28.8 Å². The van der Waals surface area contributed by atoms with Gasteiger partial charge in [0.2, 0.25) is 6.23 Å². The molecule has 1 aliphatic carbocycles. The third kappa shape index (κ3) is 3.46. The van der Waals surface area contributed by atoms with Gasteiger partial charge in [-0.05, 0) is 60.2 Å². The largest absolute Gasteiger partial charge is 0.473 e. The standard InChI is InChI=1S/C30H26N2O3/c1-18-19(2)30(32(29(18)34)23-14-12-21(13-15-23)20-8-4-3-5-9-20)35-17-26-25-16-22-10-6-7-11-24(22)27(25)31-28(26)33/h3-15,17,25,27,30H,16H2,1-2H3,(H,31,33)/b26-17+. The van der Waals surface area contributed by atoms with E-state index >= 15 is 0 Å². The molecule has 2 heterocycles. The molecule has 3 unspecified atom stereocenters. The Morgan fingerprint density at radius 1 is 0.886 bits per heavy atom. The Bertz CT molecular complexity index is 1390. The maximum atomic E-state index is 13.2. The zero-order valence-corrected chi connectivity index (χ0v) is 19.7. The molecule has 2 aliphatic heterocycles. The van der Waals surface area contributed by atoms with Crippen LogP contribution in [-0.4, -0.2) is 18.0 Å². The maximum Gasteiger partial charge on any atom is 0.257 e. The molecule has 3 aromatic rings. The summed E-state index contributed by atoms with van der Waals surface area (Å²) < 4.78 is 6.22. The zero-order valence-electron chi connectivity index (χ0n) is 19.7. The highest BCUT2D eigenvalue weighted by atomic mass is 16.5. The lowest BCUT2D eigenvalue weighted by molar-refractivity contribution is -0.116. The van der Waals surface area contributed by atoms with Gasteiger partial charge in [-0.3, -0.25) is 14.5 Å². The van der Waals surface area contributed by atoms with Gasteiger partial charge < -0.3 is 10.1 Å². The smallest absolute Gasteiger partial charge is 0.257 e. The van der Waals surface area contributed by atoms with Crippen LogP contribution in [0.5, 0.6) is 0 Å². The van der Waals surface area contributed by atoms with Crippen LogP contribution in [0.1, 0.15) is 31.0 Å². The molecule has 3 aliphatic rings. The van der Waals surface area contributed by atoms with Crippen molar-refractivity contribution >= 4 is 17.5 Å². The van der Waals surface area contributed by atoms with Crippen molar-refractivity contribution in [2.24, 2.45) is 5.92 Å². The first kappa shape index (κ1) is 21.4. The summed E-state index contributed by atoms with van der Waals surface area (Å²) in [4.78, 5) is 27.6. The first-order valence-electron chi connectivity index (χ1n) is 11.9. The number of rotatable bonds is 4. The van der Waals surface area contributed by atoms with Gasteiger partial charge in [-0.25, -0.2) is 0 Å². The number of anilines is 1. The molecule has 0 aromatic heterocycles. The van der Waals surface area contributed by atoms with Gasteiger partial charge in [-0.1, -0.05) is 66.7 Å². The molecule has 35 heavy (non-hydrogen) atoms. The second kappa shape index (κ2) is 8.27. The van der Waals surface area contributed by atoms with E-state index < -0.39 is 6.23 Å². The molecular formula is C30H26N2O3. The number of hydrogen-bond donors (Lipinski definition) is 1. The van der Waals surface area contributed by atoms with Crippen LogP contribution in [0, 0.1) is 5.92 Å². The number of fused-ring (bicyclic) bond motifs is 3. The van der Waals surface area contributed by atoms with Gasteiger partial charge in [0.25, 0.3) is 11.8 Å². The number of nitrogens with zero attached hydrogens (tertiary/aromatic N) is 1. The van der Waals surface area contributed by atoms with Crippen LogP contribution in [0.2, 0.25) is 0 Å². The second-order valence-electron chi connectivity index (χ2n) is 9.42. The summed E-state index contributed by atoms with van der Waals surface area (Å²) in [5.74, 6) is -0.141. The lowest BCUT2D eigenvalue weighted by atomic mass is 9.97. The van der Waals surface area contributed by atoms with E-state index in [0.29, 0.717) is 11.1 Å². The molecule has 3 aromatic carbocycles. The molecule has 5 heteroatoms. The van der Waals surface area contributed by atoms with Crippen LogP contribution in [-0.2, 0) is 20.7 Å². The molecule has 0 bridgehead atoms. The van der Waals surface area contributed by atoms with Crippen LogP contribution in [0.15, 0.2) is 102 Å².